The summed E-state index contributed by atoms with van der Waals surface area (Å²) < 4.78 is 6.13. The van der Waals surface area contributed by atoms with Crippen LogP contribution in [0.25, 0.3) is 0 Å². The number of aliphatic carboxylic acids is 1. The number of nitrogens with zero attached hydrogens (tertiary/aromatic N) is 1. The number of hydrogen-bond acceptors (Lipinski definition) is 3. The summed E-state index contributed by atoms with van der Waals surface area (Å²) in [6.45, 7) is 4.54. The number of benzene rings is 1. The number of carboxylic acid groups (broad SMARTS) is 1. The minimum absolute atomic E-state index is 0.172. The molecule has 1 heterocycles. The Morgan fingerprint density at radius 1 is 1.45 bits per heavy atom. The summed E-state index contributed by atoms with van der Waals surface area (Å²) in [5.74, 6) is 0.240. The van der Waals surface area contributed by atoms with Gasteiger partial charge in [0.15, 0.2) is 0 Å². The van der Waals surface area contributed by atoms with Crippen molar-refractivity contribution < 1.29 is 14.6 Å². The van der Waals surface area contributed by atoms with Crippen molar-refractivity contribution in [3.63, 3.8) is 0 Å². The van der Waals surface area contributed by atoms with E-state index in [1.807, 2.05) is 18.2 Å². The Hall–Kier alpha value is -1.55. The molecule has 1 fully saturated rings. The highest BCUT2D eigenvalue weighted by molar-refractivity contribution is 5.66. The molecular weight excluding hydrogens is 254 g/mol. The lowest BCUT2D eigenvalue weighted by molar-refractivity contribution is -0.137. The molecule has 0 aromatic heterocycles. The molecule has 0 aliphatic carbocycles. The minimum Gasteiger partial charge on any atom is -0.489 e. The first kappa shape index (κ1) is 14.9. The van der Waals surface area contributed by atoms with Gasteiger partial charge in [-0.2, -0.15) is 0 Å². The molecule has 4 nitrogen and oxygen atoms in total. The molecule has 2 rings (SSSR count). The topological polar surface area (TPSA) is 49.8 Å². The predicted octanol–water partition coefficient (Wildman–Crippen LogP) is 2.57. The van der Waals surface area contributed by atoms with Crippen LogP contribution in [0.5, 0.6) is 5.75 Å². The number of rotatable bonds is 6. The van der Waals surface area contributed by atoms with E-state index >= 15 is 0 Å². The van der Waals surface area contributed by atoms with Crippen LogP contribution in [0, 0.1) is 0 Å². The summed E-state index contributed by atoms with van der Waals surface area (Å²) in [7, 11) is 0. The molecule has 1 aromatic rings. The molecule has 1 saturated heterocycles. The van der Waals surface area contributed by atoms with Crippen molar-refractivity contribution in [3.05, 3.63) is 29.8 Å². The zero-order chi connectivity index (χ0) is 14.4. The first-order valence-corrected chi connectivity index (χ1v) is 7.37. The molecule has 1 aromatic carbocycles. The molecule has 0 amide bonds. The normalized spacial score (nSPS) is 19.8. The van der Waals surface area contributed by atoms with E-state index in [-0.39, 0.29) is 12.5 Å². The third-order valence-electron chi connectivity index (χ3n) is 3.75. The van der Waals surface area contributed by atoms with Gasteiger partial charge in [0, 0.05) is 13.1 Å². The first-order valence-electron chi connectivity index (χ1n) is 7.37. The predicted molar refractivity (Wildman–Crippen MR) is 78.2 cm³/mol. The Bertz CT molecular complexity index is 447. The zero-order valence-electron chi connectivity index (χ0n) is 12.0. The number of carboxylic acids is 1. The molecule has 0 saturated carbocycles. The fourth-order valence-corrected chi connectivity index (χ4v) is 2.66. The van der Waals surface area contributed by atoms with Crippen LogP contribution in [-0.4, -0.2) is 41.7 Å². The lowest BCUT2D eigenvalue weighted by Gasteiger charge is -2.32. The zero-order valence-corrected chi connectivity index (χ0v) is 12.0. The molecule has 1 aliphatic rings. The SMILES string of the molecule is CCc1ccccc1OC1CCCN(CCC(=O)O)C1. The van der Waals surface area contributed by atoms with Gasteiger partial charge in [0.2, 0.25) is 0 Å². The van der Waals surface area contributed by atoms with Crippen LogP contribution in [0.3, 0.4) is 0 Å². The summed E-state index contributed by atoms with van der Waals surface area (Å²) >= 11 is 0. The highest BCUT2D eigenvalue weighted by atomic mass is 16.5. The standard InChI is InChI=1S/C16H23NO3/c1-2-13-6-3-4-8-15(13)20-14-7-5-10-17(12-14)11-9-16(18)19/h3-4,6,8,14H,2,5,7,9-12H2,1H3,(H,18,19). The molecule has 20 heavy (non-hydrogen) atoms. The lowest BCUT2D eigenvalue weighted by Crippen LogP contribution is -2.42. The van der Waals surface area contributed by atoms with Gasteiger partial charge in [0.05, 0.1) is 6.42 Å². The summed E-state index contributed by atoms with van der Waals surface area (Å²) in [4.78, 5) is 12.8. The Morgan fingerprint density at radius 3 is 3.00 bits per heavy atom. The van der Waals surface area contributed by atoms with E-state index in [1.165, 1.54) is 5.56 Å². The average Bonchev–Trinajstić information content (AvgIpc) is 2.46. The van der Waals surface area contributed by atoms with Gasteiger partial charge >= 0.3 is 5.97 Å². The molecule has 1 atom stereocenters. The maximum atomic E-state index is 10.6. The van der Waals surface area contributed by atoms with Gasteiger partial charge in [0.1, 0.15) is 11.9 Å². The average molecular weight is 277 g/mol. The van der Waals surface area contributed by atoms with Crippen molar-refractivity contribution in [3.8, 4) is 5.75 Å². The number of aryl methyl sites for hydroxylation is 1. The number of piperidine rings is 1. The van der Waals surface area contributed by atoms with Crippen LogP contribution in [0.15, 0.2) is 24.3 Å². The van der Waals surface area contributed by atoms with Crippen molar-refractivity contribution in [1.82, 2.24) is 4.90 Å². The van der Waals surface area contributed by atoms with Crippen LogP contribution in [-0.2, 0) is 11.2 Å². The third kappa shape index (κ3) is 4.23. The van der Waals surface area contributed by atoms with Crippen molar-refractivity contribution in [2.24, 2.45) is 0 Å². The Balaban J connectivity index is 1.90. The van der Waals surface area contributed by atoms with Crippen molar-refractivity contribution in [1.29, 1.82) is 0 Å². The van der Waals surface area contributed by atoms with E-state index in [4.69, 9.17) is 9.84 Å². The van der Waals surface area contributed by atoms with Crippen LogP contribution in [0.1, 0.15) is 31.7 Å². The van der Waals surface area contributed by atoms with Gasteiger partial charge < -0.3 is 9.84 Å². The quantitative estimate of drug-likeness (QED) is 0.868. The van der Waals surface area contributed by atoms with Gasteiger partial charge in [-0.3, -0.25) is 9.69 Å². The highest BCUT2D eigenvalue weighted by Crippen LogP contribution is 2.23. The van der Waals surface area contributed by atoms with Crippen molar-refractivity contribution >= 4 is 5.97 Å². The van der Waals surface area contributed by atoms with Crippen LogP contribution >= 0.6 is 0 Å². The second kappa shape index (κ2) is 7.29. The van der Waals surface area contributed by atoms with Gasteiger partial charge in [-0.1, -0.05) is 25.1 Å². The van der Waals surface area contributed by atoms with E-state index in [1.54, 1.807) is 0 Å². The molecule has 1 unspecified atom stereocenters. The number of ether oxygens (including phenoxy) is 1. The molecule has 110 valence electrons. The second-order valence-corrected chi connectivity index (χ2v) is 5.29. The first-order chi connectivity index (χ1) is 9.69. The molecule has 0 radical (unpaired) electrons. The molecule has 1 aliphatic heterocycles. The fraction of sp³-hybridized carbons (Fsp3) is 0.562. The van der Waals surface area contributed by atoms with Crippen molar-refractivity contribution in [2.45, 2.75) is 38.7 Å². The van der Waals surface area contributed by atoms with Crippen LogP contribution in [0.4, 0.5) is 0 Å². The Labute approximate surface area is 120 Å². The maximum absolute atomic E-state index is 10.6. The fourth-order valence-electron chi connectivity index (χ4n) is 2.66. The molecular formula is C16H23NO3. The summed E-state index contributed by atoms with van der Waals surface area (Å²) in [6.07, 6.45) is 3.45. The number of hydrogen-bond donors (Lipinski definition) is 1. The van der Waals surface area contributed by atoms with Gasteiger partial charge in [0.25, 0.3) is 0 Å². The van der Waals surface area contributed by atoms with E-state index in [0.717, 1.165) is 38.1 Å². The number of para-hydroxylation sites is 1. The van der Waals surface area contributed by atoms with Crippen LogP contribution in [0.2, 0.25) is 0 Å². The van der Waals surface area contributed by atoms with E-state index < -0.39 is 5.97 Å². The maximum Gasteiger partial charge on any atom is 0.304 e. The molecule has 0 spiro atoms. The highest BCUT2D eigenvalue weighted by Gasteiger charge is 2.22. The number of carbonyl (C=O) groups is 1. The largest absolute Gasteiger partial charge is 0.489 e. The van der Waals surface area contributed by atoms with Crippen molar-refractivity contribution in [2.75, 3.05) is 19.6 Å². The van der Waals surface area contributed by atoms with Crippen LogP contribution < -0.4 is 4.74 Å². The van der Waals surface area contributed by atoms with Gasteiger partial charge in [-0.25, -0.2) is 0 Å². The summed E-state index contributed by atoms with van der Waals surface area (Å²) in [5.41, 5.74) is 1.23. The van der Waals surface area contributed by atoms with E-state index in [2.05, 4.69) is 17.9 Å². The third-order valence-corrected chi connectivity index (χ3v) is 3.75. The van der Waals surface area contributed by atoms with Gasteiger partial charge in [-0.15, -0.1) is 0 Å². The minimum atomic E-state index is -0.732. The monoisotopic (exact) mass is 277 g/mol. The summed E-state index contributed by atoms with van der Waals surface area (Å²) in [5, 5.41) is 8.76. The second-order valence-electron chi connectivity index (χ2n) is 5.29. The summed E-state index contributed by atoms with van der Waals surface area (Å²) in [6, 6.07) is 8.15. The lowest BCUT2D eigenvalue weighted by atomic mass is 10.1. The molecule has 0 bridgehead atoms. The molecule has 4 heteroatoms. The Morgan fingerprint density at radius 2 is 2.25 bits per heavy atom. The Kier molecular flexibility index (Phi) is 5.41. The van der Waals surface area contributed by atoms with Gasteiger partial charge in [-0.05, 0) is 37.4 Å². The smallest absolute Gasteiger partial charge is 0.304 e. The van der Waals surface area contributed by atoms with E-state index in [0.29, 0.717) is 6.54 Å². The molecule has 1 N–H and O–H groups in total. The van der Waals surface area contributed by atoms with E-state index in [9.17, 15) is 4.79 Å². The number of likely N-dealkylation sites (tertiary alicyclic amines) is 1.